The number of Topliss-reactive ketones (excluding diaryl/α,β-unsaturated/α-hetero) is 1. The van der Waals surface area contributed by atoms with Crippen molar-refractivity contribution in [2.24, 2.45) is 5.92 Å². The smallest absolute Gasteiger partial charge is 0.229 e. The van der Waals surface area contributed by atoms with Crippen LogP contribution in [0.2, 0.25) is 0 Å². The molecule has 8 heteroatoms. The minimum atomic E-state index is 0.0327. The number of hydrogen-bond acceptors (Lipinski definition) is 7. The summed E-state index contributed by atoms with van der Waals surface area (Å²) in [6, 6.07) is 13.7. The third kappa shape index (κ3) is 3.79. The van der Waals surface area contributed by atoms with Crippen molar-refractivity contribution in [2.75, 3.05) is 56.2 Å². The summed E-state index contributed by atoms with van der Waals surface area (Å²) in [7, 11) is 1.66. The van der Waals surface area contributed by atoms with Gasteiger partial charge in [-0.2, -0.15) is 0 Å². The van der Waals surface area contributed by atoms with Gasteiger partial charge in [-0.25, -0.2) is 4.98 Å². The van der Waals surface area contributed by atoms with Gasteiger partial charge in [-0.3, -0.25) is 9.59 Å². The highest BCUT2D eigenvalue weighted by atomic mass is 32.1. The van der Waals surface area contributed by atoms with Crippen molar-refractivity contribution in [1.29, 1.82) is 0 Å². The summed E-state index contributed by atoms with van der Waals surface area (Å²) in [5, 5.41) is 0.951. The van der Waals surface area contributed by atoms with Crippen molar-refractivity contribution >= 4 is 44.1 Å². The lowest BCUT2D eigenvalue weighted by molar-refractivity contribution is -0.136. The Morgan fingerprint density at radius 3 is 2.38 bits per heavy atom. The van der Waals surface area contributed by atoms with Crippen molar-refractivity contribution in [3.8, 4) is 5.75 Å². The first-order chi connectivity index (χ1) is 15.5. The highest BCUT2D eigenvalue weighted by Gasteiger charge is 2.37. The van der Waals surface area contributed by atoms with E-state index in [2.05, 4.69) is 15.9 Å². The predicted molar refractivity (Wildman–Crippen MR) is 127 cm³/mol. The van der Waals surface area contributed by atoms with Crippen LogP contribution in [0.3, 0.4) is 0 Å². The van der Waals surface area contributed by atoms with E-state index in [4.69, 9.17) is 9.72 Å². The third-order valence-corrected chi connectivity index (χ3v) is 7.40. The molecule has 0 N–H and O–H groups in total. The molecule has 166 valence electrons. The van der Waals surface area contributed by atoms with Crippen LogP contribution in [0.15, 0.2) is 42.5 Å². The molecular weight excluding hydrogens is 424 g/mol. The molecule has 0 spiro atoms. The van der Waals surface area contributed by atoms with E-state index in [0.717, 1.165) is 58.5 Å². The van der Waals surface area contributed by atoms with Gasteiger partial charge in [0.1, 0.15) is 11.3 Å². The van der Waals surface area contributed by atoms with Crippen LogP contribution in [-0.4, -0.2) is 68.0 Å². The van der Waals surface area contributed by atoms with Gasteiger partial charge >= 0.3 is 0 Å². The van der Waals surface area contributed by atoms with Gasteiger partial charge in [0, 0.05) is 50.5 Å². The first kappa shape index (κ1) is 20.8. The second kappa shape index (κ2) is 8.43. The lowest BCUT2D eigenvalue weighted by atomic mass is 9.99. The number of ketones is 1. The van der Waals surface area contributed by atoms with Gasteiger partial charge in [0.15, 0.2) is 10.9 Å². The summed E-state index contributed by atoms with van der Waals surface area (Å²) in [6.07, 6.45) is 0. The molecule has 2 aliphatic rings. The van der Waals surface area contributed by atoms with Crippen LogP contribution in [-0.2, 0) is 4.79 Å². The summed E-state index contributed by atoms with van der Waals surface area (Å²) >= 11 is 1.64. The Morgan fingerprint density at radius 1 is 1.00 bits per heavy atom. The summed E-state index contributed by atoms with van der Waals surface area (Å²) in [5.74, 6) is 1.13. The second-order valence-corrected chi connectivity index (χ2v) is 9.33. The number of rotatable bonds is 5. The predicted octanol–water partition coefficient (Wildman–Crippen LogP) is 3.29. The van der Waals surface area contributed by atoms with Crippen LogP contribution in [0.4, 0.5) is 10.8 Å². The summed E-state index contributed by atoms with van der Waals surface area (Å²) in [6.45, 7) is 6.07. The molecule has 32 heavy (non-hydrogen) atoms. The fourth-order valence-electron chi connectivity index (χ4n) is 4.35. The van der Waals surface area contributed by atoms with Crippen molar-refractivity contribution in [2.45, 2.75) is 6.92 Å². The molecule has 5 rings (SSSR count). The van der Waals surface area contributed by atoms with E-state index < -0.39 is 0 Å². The molecule has 0 radical (unpaired) electrons. The fourth-order valence-corrected chi connectivity index (χ4v) is 5.35. The number of carbonyl (C=O) groups is 2. The molecule has 1 amide bonds. The molecule has 2 saturated heterocycles. The Bertz CT molecular complexity index is 1150. The Kier molecular flexibility index (Phi) is 5.46. The van der Waals surface area contributed by atoms with E-state index in [9.17, 15) is 9.59 Å². The summed E-state index contributed by atoms with van der Waals surface area (Å²) in [4.78, 5) is 35.6. The molecule has 0 aliphatic carbocycles. The number of carbonyl (C=O) groups excluding carboxylic acids is 2. The maximum absolute atomic E-state index is 13.0. The van der Waals surface area contributed by atoms with Crippen molar-refractivity contribution < 1.29 is 14.3 Å². The number of aromatic nitrogens is 1. The van der Waals surface area contributed by atoms with Crippen LogP contribution in [0.5, 0.6) is 5.75 Å². The molecule has 0 saturated carbocycles. The number of para-hydroxylation sites is 1. The van der Waals surface area contributed by atoms with E-state index in [1.165, 1.54) is 0 Å². The first-order valence-electron chi connectivity index (χ1n) is 10.9. The maximum Gasteiger partial charge on any atom is 0.229 e. The van der Waals surface area contributed by atoms with E-state index in [0.29, 0.717) is 13.1 Å². The third-order valence-electron chi connectivity index (χ3n) is 6.32. The Balaban J connectivity index is 1.15. The zero-order valence-corrected chi connectivity index (χ0v) is 19.1. The van der Waals surface area contributed by atoms with Crippen LogP contribution < -0.4 is 14.5 Å². The zero-order valence-electron chi connectivity index (χ0n) is 18.3. The van der Waals surface area contributed by atoms with Crippen LogP contribution in [0, 0.1) is 5.92 Å². The Hall–Kier alpha value is -3.13. The topological polar surface area (TPSA) is 66.0 Å². The van der Waals surface area contributed by atoms with Crippen LogP contribution >= 0.6 is 11.3 Å². The van der Waals surface area contributed by atoms with Gasteiger partial charge in [-0.1, -0.05) is 17.4 Å². The van der Waals surface area contributed by atoms with Crippen molar-refractivity contribution in [3.05, 3.63) is 48.0 Å². The molecule has 3 heterocycles. The van der Waals surface area contributed by atoms with Gasteiger partial charge in [-0.15, -0.1) is 0 Å². The summed E-state index contributed by atoms with van der Waals surface area (Å²) in [5.41, 5.74) is 2.71. The normalized spacial score (nSPS) is 16.9. The standard InChI is InChI=1S/C24H26N4O3S/c1-16(29)17-6-8-19(9-7-17)26-10-12-27(13-11-26)23(30)18-14-28(15-18)24-25-22-20(31-2)4-3-5-21(22)32-24/h3-9,18H,10-15H2,1-2H3. The average molecular weight is 451 g/mol. The number of benzene rings is 2. The van der Waals surface area contributed by atoms with Crippen LogP contribution in [0.1, 0.15) is 17.3 Å². The molecule has 0 unspecified atom stereocenters. The van der Waals surface area contributed by atoms with Gasteiger partial charge in [0.25, 0.3) is 0 Å². The van der Waals surface area contributed by atoms with E-state index >= 15 is 0 Å². The molecule has 2 aliphatic heterocycles. The number of methoxy groups -OCH3 is 1. The van der Waals surface area contributed by atoms with E-state index in [-0.39, 0.29) is 17.6 Å². The highest BCUT2D eigenvalue weighted by molar-refractivity contribution is 7.22. The minimum absolute atomic E-state index is 0.0327. The number of ether oxygens (including phenoxy) is 1. The van der Waals surface area contributed by atoms with Gasteiger partial charge in [0.2, 0.25) is 5.91 Å². The molecule has 0 bridgehead atoms. The molecule has 2 fully saturated rings. The molecule has 7 nitrogen and oxygen atoms in total. The number of thiazole rings is 1. The van der Waals surface area contributed by atoms with Crippen molar-refractivity contribution in [1.82, 2.24) is 9.88 Å². The second-order valence-electron chi connectivity index (χ2n) is 8.32. The highest BCUT2D eigenvalue weighted by Crippen LogP contribution is 2.37. The van der Waals surface area contributed by atoms with Gasteiger partial charge in [0.05, 0.1) is 17.7 Å². The maximum atomic E-state index is 13.0. The fraction of sp³-hybridized carbons (Fsp3) is 0.375. The van der Waals surface area contributed by atoms with Crippen molar-refractivity contribution in [3.63, 3.8) is 0 Å². The SMILES string of the molecule is COc1cccc2sc(N3CC(C(=O)N4CCN(c5ccc(C(C)=O)cc5)CC4)C3)nc12. The first-order valence-corrected chi connectivity index (χ1v) is 11.7. The lowest BCUT2D eigenvalue weighted by Crippen LogP contribution is -2.58. The Morgan fingerprint density at radius 2 is 1.72 bits per heavy atom. The van der Waals surface area contributed by atoms with Crippen LogP contribution in [0.25, 0.3) is 10.2 Å². The monoisotopic (exact) mass is 450 g/mol. The molecular formula is C24H26N4O3S. The summed E-state index contributed by atoms with van der Waals surface area (Å²) < 4.78 is 6.51. The number of amides is 1. The number of fused-ring (bicyclic) bond motifs is 1. The molecule has 0 atom stereocenters. The number of hydrogen-bond donors (Lipinski definition) is 0. The van der Waals surface area contributed by atoms with E-state index in [1.54, 1.807) is 25.4 Å². The number of anilines is 2. The van der Waals surface area contributed by atoms with E-state index in [1.807, 2.05) is 41.3 Å². The molecule has 1 aromatic heterocycles. The zero-order chi connectivity index (χ0) is 22.2. The quantitative estimate of drug-likeness (QED) is 0.556. The number of nitrogens with zero attached hydrogens (tertiary/aromatic N) is 4. The van der Waals surface area contributed by atoms with Gasteiger partial charge in [-0.05, 0) is 43.3 Å². The Labute approximate surface area is 191 Å². The number of piperazine rings is 1. The molecule has 3 aromatic rings. The largest absolute Gasteiger partial charge is 0.494 e. The minimum Gasteiger partial charge on any atom is -0.494 e. The molecule has 2 aromatic carbocycles. The lowest BCUT2D eigenvalue weighted by Gasteiger charge is -2.43. The average Bonchev–Trinajstić information content (AvgIpc) is 3.22. The van der Waals surface area contributed by atoms with Gasteiger partial charge < -0.3 is 19.4 Å².